The van der Waals surface area contributed by atoms with E-state index in [-0.39, 0.29) is 6.61 Å². The van der Waals surface area contributed by atoms with Gasteiger partial charge in [0.05, 0.1) is 18.4 Å². The highest BCUT2D eigenvalue weighted by Crippen LogP contribution is 2.28. The lowest BCUT2D eigenvalue weighted by Crippen LogP contribution is -2.32. The highest BCUT2D eigenvalue weighted by molar-refractivity contribution is 9.10. The van der Waals surface area contributed by atoms with Gasteiger partial charge in [0.15, 0.2) is 0 Å². The first-order valence-electron chi connectivity index (χ1n) is 6.50. The zero-order valence-electron chi connectivity index (χ0n) is 10.7. The van der Waals surface area contributed by atoms with Crippen molar-refractivity contribution < 1.29 is 9.84 Å². The number of likely N-dealkylation sites (N-methyl/N-ethyl adjacent to an activating group) is 1. The Morgan fingerprint density at radius 1 is 1.50 bits per heavy atom. The predicted octanol–water partition coefficient (Wildman–Crippen LogP) is 2.95. The third-order valence-electron chi connectivity index (χ3n) is 3.37. The molecule has 2 rings (SSSR count). The summed E-state index contributed by atoms with van der Waals surface area (Å²) in [5, 5.41) is 9.12. The SMILES string of the molecule is CCN(CC1CCCO1)c1ccc(CO)cc1Br. The van der Waals surface area contributed by atoms with Gasteiger partial charge in [-0.15, -0.1) is 0 Å². The van der Waals surface area contributed by atoms with Gasteiger partial charge in [0.2, 0.25) is 0 Å². The predicted molar refractivity (Wildman–Crippen MR) is 76.9 cm³/mol. The molecule has 0 radical (unpaired) electrons. The van der Waals surface area contributed by atoms with Crippen molar-refractivity contribution in [1.82, 2.24) is 0 Å². The van der Waals surface area contributed by atoms with Crippen molar-refractivity contribution in [1.29, 1.82) is 0 Å². The second-order valence-electron chi connectivity index (χ2n) is 4.62. The van der Waals surface area contributed by atoms with Gasteiger partial charge < -0.3 is 14.7 Å². The monoisotopic (exact) mass is 313 g/mol. The minimum atomic E-state index is 0.0801. The van der Waals surface area contributed by atoms with Gasteiger partial charge in [0, 0.05) is 24.2 Å². The third kappa shape index (κ3) is 3.25. The number of halogens is 1. The van der Waals surface area contributed by atoms with Gasteiger partial charge in [0.1, 0.15) is 0 Å². The van der Waals surface area contributed by atoms with Crippen LogP contribution in [0.5, 0.6) is 0 Å². The Kier molecular flexibility index (Phi) is 5.03. The van der Waals surface area contributed by atoms with Gasteiger partial charge in [-0.2, -0.15) is 0 Å². The van der Waals surface area contributed by atoms with E-state index in [9.17, 15) is 0 Å². The van der Waals surface area contributed by atoms with E-state index in [2.05, 4.69) is 33.8 Å². The summed E-state index contributed by atoms with van der Waals surface area (Å²) in [7, 11) is 0. The quantitative estimate of drug-likeness (QED) is 0.907. The van der Waals surface area contributed by atoms with Crippen LogP contribution in [0.25, 0.3) is 0 Å². The van der Waals surface area contributed by atoms with Crippen LogP contribution >= 0.6 is 15.9 Å². The summed E-state index contributed by atoms with van der Waals surface area (Å²) in [5.74, 6) is 0. The minimum Gasteiger partial charge on any atom is -0.392 e. The third-order valence-corrected chi connectivity index (χ3v) is 4.00. The fourth-order valence-electron chi connectivity index (χ4n) is 2.34. The van der Waals surface area contributed by atoms with Crippen LogP contribution < -0.4 is 4.90 Å². The van der Waals surface area contributed by atoms with Gasteiger partial charge in [-0.05, 0) is 53.4 Å². The van der Waals surface area contributed by atoms with Gasteiger partial charge in [-0.1, -0.05) is 6.07 Å². The number of benzene rings is 1. The normalized spacial score (nSPS) is 19.2. The molecule has 1 aliphatic rings. The van der Waals surface area contributed by atoms with Crippen molar-refractivity contribution in [2.24, 2.45) is 0 Å². The van der Waals surface area contributed by atoms with Crippen molar-refractivity contribution in [2.45, 2.75) is 32.5 Å². The molecule has 18 heavy (non-hydrogen) atoms. The molecule has 0 amide bonds. The molecular weight excluding hydrogens is 294 g/mol. The van der Waals surface area contributed by atoms with Gasteiger partial charge in [-0.3, -0.25) is 0 Å². The summed E-state index contributed by atoms with van der Waals surface area (Å²) >= 11 is 3.59. The molecule has 0 saturated carbocycles. The van der Waals surface area contributed by atoms with E-state index in [0.29, 0.717) is 6.10 Å². The minimum absolute atomic E-state index is 0.0801. The Morgan fingerprint density at radius 3 is 2.89 bits per heavy atom. The van der Waals surface area contributed by atoms with E-state index in [4.69, 9.17) is 9.84 Å². The largest absolute Gasteiger partial charge is 0.392 e. The van der Waals surface area contributed by atoms with Crippen LogP contribution in [0, 0.1) is 0 Å². The molecule has 0 spiro atoms. The summed E-state index contributed by atoms with van der Waals surface area (Å²) in [5.41, 5.74) is 2.10. The average molecular weight is 314 g/mol. The number of hydrogen-bond donors (Lipinski definition) is 1. The molecule has 1 atom stereocenters. The molecule has 0 aliphatic carbocycles. The second-order valence-corrected chi connectivity index (χ2v) is 5.47. The number of anilines is 1. The standard InChI is InChI=1S/C14H20BrNO2/c1-2-16(9-12-4-3-7-18-12)14-6-5-11(10-17)8-13(14)15/h5-6,8,12,17H,2-4,7,9-10H2,1H3. The van der Waals surface area contributed by atoms with E-state index in [1.54, 1.807) is 0 Å². The molecule has 1 aliphatic heterocycles. The molecule has 0 bridgehead atoms. The van der Waals surface area contributed by atoms with Gasteiger partial charge in [0.25, 0.3) is 0 Å². The number of ether oxygens (including phenoxy) is 1. The van der Waals surface area contributed by atoms with Crippen LogP contribution in [-0.4, -0.2) is 30.9 Å². The maximum atomic E-state index is 9.12. The van der Waals surface area contributed by atoms with Crippen LogP contribution in [-0.2, 0) is 11.3 Å². The summed E-state index contributed by atoms with van der Waals surface area (Å²) < 4.78 is 6.73. The van der Waals surface area contributed by atoms with Crippen LogP contribution in [0.4, 0.5) is 5.69 Å². The fraction of sp³-hybridized carbons (Fsp3) is 0.571. The molecule has 4 heteroatoms. The number of aliphatic hydroxyl groups excluding tert-OH is 1. The molecule has 0 aromatic heterocycles. The van der Waals surface area contributed by atoms with Crippen LogP contribution in [0.15, 0.2) is 22.7 Å². The second kappa shape index (κ2) is 6.55. The molecule has 1 fully saturated rings. The van der Waals surface area contributed by atoms with Crippen LogP contribution in [0.2, 0.25) is 0 Å². The Morgan fingerprint density at radius 2 is 2.33 bits per heavy atom. The van der Waals surface area contributed by atoms with Crippen molar-refractivity contribution in [3.05, 3.63) is 28.2 Å². The number of hydrogen-bond acceptors (Lipinski definition) is 3. The van der Waals surface area contributed by atoms with Crippen molar-refractivity contribution in [3.63, 3.8) is 0 Å². The summed E-state index contributed by atoms with van der Waals surface area (Å²) in [6.45, 7) is 5.02. The Labute approximate surface area is 117 Å². The zero-order chi connectivity index (χ0) is 13.0. The van der Waals surface area contributed by atoms with Crippen molar-refractivity contribution >= 4 is 21.6 Å². The molecule has 1 heterocycles. The first kappa shape index (κ1) is 13.8. The van der Waals surface area contributed by atoms with E-state index in [0.717, 1.165) is 36.2 Å². The topological polar surface area (TPSA) is 32.7 Å². The maximum absolute atomic E-state index is 9.12. The summed E-state index contributed by atoms with van der Waals surface area (Å²) in [4.78, 5) is 2.32. The average Bonchev–Trinajstić information content (AvgIpc) is 2.89. The van der Waals surface area contributed by atoms with Crippen molar-refractivity contribution in [3.8, 4) is 0 Å². The highest BCUT2D eigenvalue weighted by atomic mass is 79.9. The molecule has 1 saturated heterocycles. The van der Waals surface area contributed by atoms with E-state index in [1.165, 1.54) is 12.1 Å². The lowest BCUT2D eigenvalue weighted by Gasteiger charge is -2.27. The Bertz CT molecular complexity index is 391. The smallest absolute Gasteiger partial charge is 0.0750 e. The van der Waals surface area contributed by atoms with E-state index >= 15 is 0 Å². The highest BCUT2D eigenvalue weighted by Gasteiger charge is 2.19. The Balaban J connectivity index is 2.10. The zero-order valence-corrected chi connectivity index (χ0v) is 12.3. The molecule has 1 N–H and O–H groups in total. The summed E-state index contributed by atoms with van der Waals surface area (Å²) in [6, 6.07) is 6.01. The molecule has 1 aromatic carbocycles. The van der Waals surface area contributed by atoms with Crippen LogP contribution in [0.3, 0.4) is 0 Å². The maximum Gasteiger partial charge on any atom is 0.0750 e. The van der Waals surface area contributed by atoms with E-state index < -0.39 is 0 Å². The molecule has 1 unspecified atom stereocenters. The molecule has 100 valence electrons. The molecule has 3 nitrogen and oxygen atoms in total. The molecule has 1 aromatic rings. The fourth-order valence-corrected chi connectivity index (χ4v) is 3.01. The lowest BCUT2D eigenvalue weighted by molar-refractivity contribution is 0.115. The van der Waals surface area contributed by atoms with Gasteiger partial charge >= 0.3 is 0 Å². The first-order chi connectivity index (χ1) is 8.74. The van der Waals surface area contributed by atoms with E-state index in [1.807, 2.05) is 12.1 Å². The Hall–Kier alpha value is -0.580. The summed E-state index contributed by atoms with van der Waals surface area (Å²) in [6.07, 6.45) is 2.68. The van der Waals surface area contributed by atoms with Gasteiger partial charge in [-0.25, -0.2) is 0 Å². The first-order valence-corrected chi connectivity index (χ1v) is 7.29. The number of rotatable bonds is 5. The number of nitrogens with zero attached hydrogens (tertiary/aromatic N) is 1. The van der Waals surface area contributed by atoms with Crippen molar-refractivity contribution in [2.75, 3.05) is 24.6 Å². The van der Waals surface area contributed by atoms with Crippen LogP contribution in [0.1, 0.15) is 25.3 Å². The molecular formula is C14H20BrNO2. The number of aliphatic hydroxyl groups is 1. The lowest BCUT2D eigenvalue weighted by atomic mass is 10.1.